The Bertz CT molecular complexity index is 1240. The lowest BCUT2D eigenvalue weighted by Gasteiger charge is -2.12. The van der Waals surface area contributed by atoms with Crippen molar-refractivity contribution in [3.05, 3.63) is 68.8 Å². The van der Waals surface area contributed by atoms with Gasteiger partial charge in [0, 0.05) is 42.5 Å². The van der Waals surface area contributed by atoms with Crippen molar-refractivity contribution in [3.63, 3.8) is 0 Å². The molecule has 0 spiro atoms. The number of hydrogen-bond donors (Lipinski definition) is 0. The Balaban J connectivity index is 0.000000686. The topological polar surface area (TPSA) is 173 Å². The van der Waals surface area contributed by atoms with Gasteiger partial charge in [-0.25, -0.2) is 8.42 Å². The predicted octanol–water partition coefficient (Wildman–Crippen LogP) is 6.50. The summed E-state index contributed by atoms with van der Waals surface area (Å²) in [4.78, 5) is 20.6. The Hall–Kier alpha value is -2.08. The molecule has 0 aliphatic rings. The van der Waals surface area contributed by atoms with Crippen LogP contribution in [0.4, 0.5) is 11.4 Å². The first-order chi connectivity index (χ1) is 16.6. The predicted molar refractivity (Wildman–Crippen MR) is 146 cm³/mol. The second-order valence-corrected chi connectivity index (χ2v) is 16.5. The molecule has 0 fully saturated rings. The molecule has 0 bridgehead atoms. The van der Waals surface area contributed by atoms with Gasteiger partial charge in [-0.3, -0.25) is 29.4 Å². The van der Waals surface area contributed by atoms with Crippen LogP contribution >= 0.6 is 26.5 Å². The van der Waals surface area contributed by atoms with Crippen LogP contribution in [0.2, 0.25) is 0 Å². The number of nitro benzene ring substituents is 2. The van der Waals surface area contributed by atoms with Gasteiger partial charge in [-0.1, -0.05) is 7.43 Å². The fourth-order valence-corrected chi connectivity index (χ4v) is 9.80. The highest BCUT2D eigenvalue weighted by molar-refractivity contribution is 8.05. The molecule has 2 aromatic carbocycles. The van der Waals surface area contributed by atoms with E-state index >= 15 is 0 Å². The number of benzene rings is 2. The molecule has 0 saturated carbocycles. The minimum absolute atomic E-state index is 0. The van der Waals surface area contributed by atoms with E-state index in [1.54, 1.807) is 32.6 Å². The van der Waals surface area contributed by atoms with E-state index in [1.165, 1.54) is 30.6 Å². The molecule has 208 valence electrons. The highest BCUT2D eigenvalue weighted by atomic mass is 32.2. The summed E-state index contributed by atoms with van der Waals surface area (Å²) in [6, 6.07) is 10.6. The first-order valence-corrected chi connectivity index (χ1v) is 17.5. The first-order valence-electron chi connectivity index (χ1n) is 10.4. The van der Waals surface area contributed by atoms with E-state index in [9.17, 15) is 37.8 Å². The van der Waals surface area contributed by atoms with E-state index in [0.717, 1.165) is 29.2 Å². The number of rotatable bonds is 12. The Kier molecular flexibility index (Phi) is 14.5. The van der Waals surface area contributed by atoms with Gasteiger partial charge in [0.15, 0.2) is 9.84 Å². The molecule has 0 aliphatic carbocycles. The molecular formula is C21H32N2O10P2S2. The van der Waals surface area contributed by atoms with Crippen molar-refractivity contribution in [2.75, 3.05) is 37.5 Å². The Labute approximate surface area is 221 Å². The number of nitrogens with zero attached hydrogens (tertiary/aromatic N) is 2. The molecule has 12 nitrogen and oxygen atoms in total. The standard InChI is InChI=1S/C10H14NO6PS.C10H14NO4PS.CH4/c1-3-17-18(2,14)8-19(15,16)10-6-4-9(5-7-10)11(12)13;1-3-15-16(2,14)8-17-10-6-4-9(5-7-10)11(12)13;/h4-7H,3,8H2,1-2H3;4-7H,3,8H2,1-2H3;1H4. The summed E-state index contributed by atoms with van der Waals surface area (Å²) in [6.45, 7) is 6.84. The smallest absolute Gasteiger partial charge is 0.269 e. The molecule has 0 aliphatic heterocycles. The van der Waals surface area contributed by atoms with Gasteiger partial charge in [0.25, 0.3) is 11.4 Å². The summed E-state index contributed by atoms with van der Waals surface area (Å²) in [7, 11) is -9.59. The molecule has 2 rings (SSSR count). The van der Waals surface area contributed by atoms with Crippen LogP contribution in [0, 0.1) is 20.2 Å². The van der Waals surface area contributed by atoms with Crippen molar-refractivity contribution >= 4 is 47.7 Å². The summed E-state index contributed by atoms with van der Waals surface area (Å²) >= 11 is 1.38. The molecule has 0 radical (unpaired) electrons. The number of thioether (sulfide) groups is 1. The molecule has 0 saturated heterocycles. The second-order valence-electron chi connectivity index (χ2n) is 7.38. The van der Waals surface area contributed by atoms with Crippen LogP contribution in [-0.4, -0.2) is 55.8 Å². The largest absolute Gasteiger partial charge is 0.328 e. The fraction of sp³-hybridized carbons (Fsp3) is 0.429. The maximum atomic E-state index is 12.0. The molecule has 2 aromatic rings. The minimum atomic E-state index is -3.79. The molecule has 0 N–H and O–H groups in total. The van der Waals surface area contributed by atoms with Crippen LogP contribution in [0.15, 0.2) is 58.3 Å². The zero-order valence-electron chi connectivity index (χ0n) is 20.1. The zero-order chi connectivity index (χ0) is 27.6. The van der Waals surface area contributed by atoms with E-state index in [0.29, 0.717) is 12.1 Å². The van der Waals surface area contributed by atoms with Crippen LogP contribution in [0.1, 0.15) is 21.3 Å². The molecule has 16 heteroatoms. The highest BCUT2D eigenvalue weighted by Crippen LogP contribution is 2.47. The Morgan fingerprint density at radius 2 is 1.22 bits per heavy atom. The highest BCUT2D eigenvalue weighted by Gasteiger charge is 2.27. The molecule has 2 atom stereocenters. The van der Waals surface area contributed by atoms with Gasteiger partial charge in [-0.15, -0.1) is 11.8 Å². The molecule has 2 unspecified atom stereocenters. The summed E-state index contributed by atoms with van der Waals surface area (Å²) in [5.74, 6) is 0. The first kappa shape index (κ1) is 34.9. The lowest BCUT2D eigenvalue weighted by molar-refractivity contribution is -0.385. The number of hydrogen-bond acceptors (Lipinski definition) is 11. The lowest BCUT2D eigenvalue weighted by atomic mass is 10.3. The van der Waals surface area contributed by atoms with Crippen molar-refractivity contribution in [2.45, 2.75) is 31.1 Å². The van der Waals surface area contributed by atoms with E-state index in [-0.39, 0.29) is 30.3 Å². The monoisotopic (exact) mass is 598 g/mol. The Morgan fingerprint density at radius 1 is 0.811 bits per heavy atom. The summed E-state index contributed by atoms with van der Waals surface area (Å²) in [5.41, 5.74) is -0.396. The van der Waals surface area contributed by atoms with Crippen molar-refractivity contribution in [1.82, 2.24) is 0 Å². The third-order valence-electron chi connectivity index (χ3n) is 4.13. The molecule has 0 amide bonds. The van der Waals surface area contributed by atoms with E-state index < -0.39 is 39.9 Å². The number of sulfone groups is 1. The van der Waals surface area contributed by atoms with Gasteiger partial charge >= 0.3 is 0 Å². The van der Waals surface area contributed by atoms with Gasteiger partial charge in [0.2, 0.25) is 14.7 Å². The molecule has 0 heterocycles. The van der Waals surface area contributed by atoms with Gasteiger partial charge in [0.1, 0.15) is 5.49 Å². The van der Waals surface area contributed by atoms with Crippen molar-refractivity contribution < 1.29 is 36.4 Å². The van der Waals surface area contributed by atoms with Crippen LogP contribution in [0.5, 0.6) is 0 Å². The summed E-state index contributed by atoms with van der Waals surface area (Å²) in [6.07, 6.45) is 0. The van der Waals surface area contributed by atoms with Gasteiger partial charge < -0.3 is 9.05 Å². The van der Waals surface area contributed by atoms with E-state index in [1.807, 2.05) is 0 Å². The number of non-ortho nitro benzene ring substituents is 2. The van der Waals surface area contributed by atoms with Crippen molar-refractivity contribution in [2.24, 2.45) is 0 Å². The van der Waals surface area contributed by atoms with Crippen molar-refractivity contribution in [1.29, 1.82) is 0 Å². The van der Waals surface area contributed by atoms with Gasteiger partial charge in [-0.2, -0.15) is 0 Å². The lowest BCUT2D eigenvalue weighted by Crippen LogP contribution is -2.08. The van der Waals surface area contributed by atoms with Crippen molar-refractivity contribution in [3.8, 4) is 0 Å². The minimum Gasteiger partial charge on any atom is -0.328 e. The third-order valence-corrected chi connectivity index (χ3v) is 13.0. The molecule has 37 heavy (non-hydrogen) atoms. The van der Waals surface area contributed by atoms with Crippen LogP contribution < -0.4 is 0 Å². The SMILES string of the molecule is C.CCOP(C)(=O)CS(=O)(=O)c1ccc([N+](=O)[O-])cc1.CCOP(C)(=O)CSc1ccc([N+](=O)[O-])cc1. The normalized spacial score (nSPS) is 14.2. The molecule has 0 aromatic heterocycles. The quantitative estimate of drug-likeness (QED) is 0.113. The van der Waals surface area contributed by atoms with Crippen LogP contribution in [0.25, 0.3) is 0 Å². The maximum absolute atomic E-state index is 12.0. The van der Waals surface area contributed by atoms with Gasteiger partial charge in [-0.05, 0) is 38.1 Å². The second kappa shape index (κ2) is 15.4. The third kappa shape index (κ3) is 12.8. The van der Waals surface area contributed by atoms with E-state index in [2.05, 4.69) is 0 Å². The average Bonchev–Trinajstić information content (AvgIpc) is 2.77. The van der Waals surface area contributed by atoms with E-state index in [4.69, 9.17) is 9.05 Å². The fourth-order valence-electron chi connectivity index (χ4n) is 2.64. The van der Waals surface area contributed by atoms with Crippen LogP contribution in [-0.2, 0) is 28.0 Å². The molecular weight excluding hydrogens is 566 g/mol. The Morgan fingerprint density at radius 3 is 1.62 bits per heavy atom. The average molecular weight is 599 g/mol. The maximum Gasteiger partial charge on any atom is 0.269 e. The summed E-state index contributed by atoms with van der Waals surface area (Å²) < 4.78 is 57.7. The number of nitro groups is 2. The zero-order valence-corrected chi connectivity index (χ0v) is 23.6. The van der Waals surface area contributed by atoms with Crippen LogP contribution in [0.3, 0.4) is 0 Å². The van der Waals surface area contributed by atoms with Gasteiger partial charge in [0.05, 0.1) is 33.4 Å². The summed E-state index contributed by atoms with van der Waals surface area (Å²) in [5, 5.41) is 20.9.